The molecule has 1 N–H and O–H groups in total. The van der Waals surface area contributed by atoms with E-state index in [2.05, 4.69) is 34.3 Å². The molecule has 2 aromatic heterocycles. The minimum Gasteiger partial charge on any atom is -0.339 e. The summed E-state index contributed by atoms with van der Waals surface area (Å²) in [5.41, 5.74) is 0.931. The van der Waals surface area contributed by atoms with Crippen LogP contribution < -0.4 is 5.32 Å². The van der Waals surface area contributed by atoms with Gasteiger partial charge in [0.15, 0.2) is 0 Å². The molecule has 5 heteroatoms. The summed E-state index contributed by atoms with van der Waals surface area (Å²) < 4.78 is 5.32. The number of rotatable bonds is 7. The van der Waals surface area contributed by atoms with E-state index in [0.717, 1.165) is 31.4 Å². The van der Waals surface area contributed by atoms with Gasteiger partial charge in [0.2, 0.25) is 11.7 Å². The zero-order chi connectivity index (χ0) is 13.5. The van der Waals surface area contributed by atoms with Crippen molar-refractivity contribution in [2.45, 2.75) is 39.2 Å². The van der Waals surface area contributed by atoms with Gasteiger partial charge in [0.1, 0.15) is 0 Å². The van der Waals surface area contributed by atoms with Gasteiger partial charge < -0.3 is 9.84 Å². The second-order valence-corrected chi connectivity index (χ2v) is 4.50. The third-order valence-corrected chi connectivity index (χ3v) is 2.96. The molecule has 0 fully saturated rings. The Hall–Kier alpha value is -1.75. The first-order chi connectivity index (χ1) is 9.33. The number of nitrogens with one attached hydrogen (secondary N) is 1. The Balaban J connectivity index is 2.04. The molecule has 0 radical (unpaired) electrons. The van der Waals surface area contributed by atoms with Crippen molar-refractivity contribution in [3.63, 3.8) is 0 Å². The fourth-order valence-corrected chi connectivity index (χ4v) is 2.08. The Morgan fingerprint density at radius 1 is 1.26 bits per heavy atom. The summed E-state index contributed by atoms with van der Waals surface area (Å²) in [5, 5.41) is 7.46. The Morgan fingerprint density at radius 2 is 2.05 bits per heavy atom. The predicted molar refractivity (Wildman–Crippen MR) is 73.6 cm³/mol. The number of hydrogen-bond donors (Lipinski definition) is 1. The molecule has 0 aliphatic rings. The fraction of sp³-hybridized carbons (Fsp3) is 0.500. The SMILES string of the molecule is CCCC(Cc1nc(-c2ccncc2)no1)NCC. The van der Waals surface area contributed by atoms with E-state index in [1.54, 1.807) is 12.4 Å². The van der Waals surface area contributed by atoms with Crippen LogP contribution in [0.4, 0.5) is 0 Å². The second-order valence-electron chi connectivity index (χ2n) is 4.50. The highest BCUT2D eigenvalue weighted by Crippen LogP contribution is 2.15. The molecule has 2 aromatic rings. The van der Waals surface area contributed by atoms with Crippen molar-refractivity contribution in [3.05, 3.63) is 30.4 Å². The highest BCUT2D eigenvalue weighted by Gasteiger charge is 2.13. The van der Waals surface area contributed by atoms with E-state index in [9.17, 15) is 0 Å². The van der Waals surface area contributed by atoms with Gasteiger partial charge in [-0.05, 0) is 25.1 Å². The van der Waals surface area contributed by atoms with Gasteiger partial charge in [-0.15, -0.1) is 0 Å². The molecular weight excluding hydrogens is 240 g/mol. The van der Waals surface area contributed by atoms with Crippen molar-refractivity contribution in [1.29, 1.82) is 0 Å². The number of nitrogens with zero attached hydrogens (tertiary/aromatic N) is 3. The molecule has 0 saturated heterocycles. The normalized spacial score (nSPS) is 12.5. The van der Waals surface area contributed by atoms with Crippen LogP contribution >= 0.6 is 0 Å². The summed E-state index contributed by atoms with van der Waals surface area (Å²) in [6, 6.07) is 4.16. The molecule has 0 aromatic carbocycles. The van der Waals surface area contributed by atoms with E-state index in [4.69, 9.17) is 4.52 Å². The molecule has 19 heavy (non-hydrogen) atoms. The first kappa shape index (κ1) is 13.7. The van der Waals surface area contributed by atoms with Crippen molar-refractivity contribution in [2.24, 2.45) is 0 Å². The molecule has 0 aliphatic carbocycles. The monoisotopic (exact) mass is 260 g/mol. The minimum atomic E-state index is 0.403. The van der Waals surface area contributed by atoms with Crippen LogP contribution in [0.25, 0.3) is 11.4 Å². The summed E-state index contributed by atoms with van der Waals surface area (Å²) in [7, 11) is 0. The zero-order valence-corrected chi connectivity index (χ0v) is 11.5. The van der Waals surface area contributed by atoms with Gasteiger partial charge in [-0.25, -0.2) is 0 Å². The average Bonchev–Trinajstić information content (AvgIpc) is 2.89. The third kappa shape index (κ3) is 3.86. The van der Waals surface area contributed by atoms with E-state index in [-0.39, 0.29) is 0 Å². The maximum absolute atomic E-state index is 5.32. The summed E-state index contributed by atoms with van der Waals surface area (Å²) in [4.78, 5) is 8.42. The number of pyridine rings is 1. The summed E-state index contributed by atoms with van der Waals surface area (Å²) >= 11 is 0. The van der Waals surface area contributed by atoms with Crippen LogP contribution in [0.3, 0.4) is 0 Å². The highest BCUT2D eigenvalue weighted by molar-refractivity contribution is 5.52. The van der Waals surface area contributed by atoms with Crippen molar-refractivity contribution >= 4 is 0 Å². The lowest BCUT2D eigenvalue weighted by Crippen LogP contribution is -2.30. The van der Waals surface area contributed by atoms with Crippen LogP contribution in [0.2, 0.25) is 0 Å². The Bertz CT molecular complexity index is 477. The summed E-state index contributed by atoms with van der Waals surface area (Å²) in [6.07, 6.45) is 6.48. The smallest absolute Gasteiger partial charge is 0.228 e. The van der Waals surface area contributed by atoms with Crippen LogP contribution in [0.5, 0.6) is 0 Å². The van der Waals surface area contributed by atoms with E-state index >= 15 is 0 Å². The topological polar surface area (TPSA) is 63.8 Å². The number of aromatic nitrogens is 3. The molecule has 0 amide bonds. The first-order valence-corrected chi connectivity index (χ1v) is 6.79. The van der Waals surface area contributed by atoms with Crippen LogP contribution in [0.15, 0.2) is 29.0 Å². The molecule has 0 spiro atoms. The molecule has 0 bridgehead atoms. The third-order valence-electron chi connectivity index (χ3n) is 2.96. The molecule has 2 heterocycles. The van der Waals surface area contributed by atoms with Crippen molar-refractivity contribution in [1.82, 2.24) is 20.4 Å². The van der Waals surface area contributed by atoms with E-state index in [0.29, 0.717) is 17.8 Å². The van der Waals surface area contributed by atoms with E-state index in [1.807, 2.05) is 12.1 Å². The molecule has 1 atom stereocenters. The quantitative estimate of drug-likeness (QED) is 0.828. The van der Waals surface area contributed by atoms with Crippen molar-refractivity contribution in [3.8, 4) is 11.4 Å². The van der Waals surface area contributed by atoms with Crippen LogP contribution in [0.1, 0.15) is 32.6 Å². The lowest BCUT2D eigenvalue weighted by Gasteiger charge is -2.14. The van der Waals surface area contributed by atoms with Crippen molar-refractivity contribution < 1.29 is 4.52 Å². The number of likely N-dealkylation sites (N-methyl/N-ethyl adjacent to an activating group) is 1. The Kier molecular flexibility index (Phi) is 5.03. The molecule has 5 nitrogen and oxygen atoms in total. The van der Waals surface area contributed by atoms with Gasteiger partial charge in [-0.1, -0.05) is 25.4 Å². The zero-order valence-electron chi connectivity index (χ0n) is 11.5. The van der Waals surface area contributed by atoms with E-state index in [1.165, 1.54) is 0 Å². The second kappa shape index (κ2) is 6.99. The van der Waals surface area contributed by atoms with Gasteiger partial charge in [0, 0.05) is 30.4 Å². The van der Waals surface area contributed by atoms with Gasteiger partial charge in [0.05, 0.1) is 0 Å². The minimum absolute atomic E-state index is 0.403. The standard InChI is InChI=1S/C14H20N4O/c1-3-5-12(16-4-2)10-13-17-14(18-19-13)11-6-8-15-9-7-11/h6-9,12,16H,3-5,10H2,1-2H3. The van der Waals surface area contributed by atoms with Gasteiger partial charge >= 0.3 is 0 Å². The molecule has 0 aliphatic heterocycles. The molecule has 0 saturated carbocycles. The largest absolute Gasteiger partial charge is 0.339 e. The predicted octanol–water partition coefficient (Wildman–Crippen LogP) is 2.45. The summed E-state index contributed by atoms with van der Waals surface area (Å²) in [5.74, 6) is 1.32. The average molecular weight is 260 g/mol. The Labute approximate surface area is 113 Å². The molecule has 2 rings (SSSR count). The maximum atomic E-state index is 5.32. The lowest BCUT2D eigenvalue weighted by atomic mass is 10.1. The molecular formula is C14H20N4O. The maximum Gasteiger partial charge on any atom is 0.228 e. The van der Waals surface area contributed by atoms with Crippen LogP contribution in [-0.4, -0.2) is 27.7 Å². The van der Waals surface area contributed by atoms with Gasteiger partial charge in [0.25, 0.3) is 0 Å². The van der Waals surface area contributed by atoms with Gasteiger partial charge in [-0.3, -0.25) is 4.98 Å². The molecule has 1 unspecified atom stereocenters. The summed E-state index contributed by atoms with van der Waals surface area (Å²) in [6.45, 7) is 5.25. The van der Waals surface area contributed by atoms with E-state index < -0.39 is 0 Å². The van der Waals surface area contributed by atoms with Crippen molar-refractivity contribution in [2.75, 3.05) is 6.54 Å². The number of hydrogen-bond acceptors (Lipinski definition) is 5. The highest BCUT2D eigenvalue weighted by atomic mass is 16.5. The first-order valence-electron chi connectivity index (χ1n) is 6.79. The lowest BCUT2D eigenvalue weighted by molar-refractivity contribution is 0.352. The molecule has 102 valence electrons. The van der Waals surface area contributed by atoms with Crippen LogP contribution in [-0.2, 0) is 6.42 Å². The fourth-order valence-electron chi connectivity index (χ4n) is 2.08. The Morgan fingerprint density at radius 3 is 2.74 bits per heavy atom. The van der Waals surface area contributed by atoms with Gasteiger partial charge in [-0.2, -0.15) is 4.98 Å². The van der Waals surface area contributed by atoms with Crippen LogP contribution in [0, 0.1) is 0 Å².